The molecule has 0 amide bonds. The molecule has 10 heteroatoms. The average Bonchev–Trinajstić information content (AvgIpc) is 3.24. The average molecular weight is 414 g/mol. The Morgan fingerprint density at radius 3 is 2.72 bits per heavy atom. The topological polar surface area (TPSA) is 107 Å². The molecule has 1 N–H and O–H groups in total. The van der Waals surface area contributed by atoms with Gasteiger partial charge < -0.3 is 9.26 Å². The highest BCUT2D eigenvalue weighted by Gasteiger charge is 2.18. The second kappa shape index (κ2) is 7.47. The number of benzene rings is 2. The summed E-state index contributed by atoms with van der Waals surface area (Å²) in [5.74, 6) is 0.538. The number of aromatic nitrogens is 3. The van der Waals surface area contributed by atoms with Gasteiger partial charge in [-0.25, -0.2) is 22.8 Å². The van der Waals surface area contributed by atoms with Gasteiger partial charge in [-0.3, -0.25) is 4.72 Å². The van der Waals surface area contributed by atoms with E-state index in [1.54, 1.807) is 24.3 Å². The van der Waals surface area contributed by atoms with Crippen molar-refractivity contribution in [3.8, 4) is 17.0 Å². The molecule has 4 aromatic rings. The molecule has 0 aliphatic rings. The van der Waals surface area contributed by atoms with Crippen LogP contribution in [0.15, 0.2) is 64.5 Å². The van der Waals surface area contributed by atoms with Crippen molar-refractivity contribution in [1.82, 2.24) is 15.1 Å². The molecule has 148 valence electrons. The van der Waals surface area contributed by atoms with Crippen LogP contribution in [0.3, 0.4) is 0 Å². The number of hydrogen-bond acceptors (Lipinski definition) is 7. The second-order valence-electron chi connectivity index (χ2n) is 6.06. The number of anilines is 1. The van der Waals surface area contributed by atoms with E-state index < -0.39 is 16.7 Å². The smallest absolute Gasteiger partial charge is 0.263 e. The van der Waals surface area contributed by atoms with Gasteiger partial charge in [0.15, 0.2) is 5.82 Å². The van der Waals surface area contributed by atoms with Crippen LogP contribution in [0.4, 0.5) is 10.2 Å². The van der Waals surface area contributed by atoms with Gasteiger partial charge in [0.05, 0.1) is 23.2 Å². The third-order valence-electron chi connectivity index (χ3n) is 4.27. The molecule has 0 saturated carbocycles. The van der Waals surface area contributed by atoms with Gasteiger partial charge in [0, 0.05) is 17.0 Å². The summed E-state index contributed by atoms with van der Waals surface area (Å²) in [4.78, 5) is 8.52. The third kappa shape index (κ3) is 3.61. The number of rotatable bonds is 6. The summed E-state index contributed by atoms with van der Waals surface area (Å²) in [6, 6.07) is 10.9. The maximum absolute atomic E-state index is 13.0. The van der Waals surface area contributed by atoms with Gasteiger partial charge in [-0.05, 0) is 35.9 Å². The number of alkyl halides is 1. The Balaban J connectivity index is 1.80. The normalized spacial score (nSPS) is 11.5. The summed E-state index contributed by atoms with van der Waals surface area (Å²) in [6.07, 6.45) is 2.60. The maximum Gasteiger partial charge on any atom is 0.263 e. The molecule has 29 heavy (non-hydrogen) atoms. The van der Waals surface area contributed by atoms with Crippen molar-refractivity contribution >= 4 is 26.7 Å². The first-order valence-corrected chi connectivity index (χ1v) is 9.91. The summed E-state index contributed by atoms with van der Waals surface area (Å²) >= 11 is 0. The summed E-state index contributed by atoms with van der Waals surface area (Å²) in [5.41, 5.74) is 2.10. The zero-order valence-electron chi connectivity index (χ0n) is 15.2. The molecule has 0 spiro atoms. The second-order valence-corrected chi connectivity index (χ2v) is 7.74. The Bertz CT molecular complexity index is 1280. The molecule has 0 atom stereocenters. The van der Waals surface area contributed by atoms with Crippen molar-refractivity contribution in [2.45, 2.75) is 11.6 Å². The summed E-state index contributed by atoms with van der Waals surface area (Å²) < 4.78 is 50.5. The molecule has 0 bridgehead atoms. The first-order chi connectivity index (χ1) is 14.0. The van der Waals surface area contributed by atoms with E-state index in [0.717, 1.165) is 0 Å². The number of fused-ring (bicyclic) bond motifs is 1. The predicted molar refractivity (Wildman–Crippen MR) is 104 cm³/mol. The molecule has 2 aromatic carbocycles. The van der Waals surface area contributed by atoms with Gasteiger partial charge in [0.25, 0.3) is 10.0 Å². The van der Waals surface area contributed by atoms with E-state index in [1.165, 1.54) is 37.9 Å². The van der Waals surface area contributed by atoms with E-state index in [2.05, 4.69) is 24.4 Å². The van der Waals surface area contributed by atoms with Crippen molar-refractivity contribution in [3.63, 3.8) is 0 Å². The van der Waals surface area contributed by atoms with Crippen molar-refractivity contribution in [2.24, 2.45) is 0 Å². The largest absolute Gasteiger partial charge is 0.496 e. The van der Waals surface area contributed by atoms with Gasteiger partial charge in [0.2, 0.25) is 0 Å². The van der Waals surface area contributed by atoms with E-state index >= 15 is 0 Å². The predicted octanol–water partition coefficient (Wildman–Crippen LogP) is 3.56. The zero-order chi connectivity index (χ0) is 20.4. The molecule has 0 unspecified atom stereocenters. The quantitative estimate of drug-likeness (QED) is 0.514. The van der Waals surface area contributed by atoms with E-state index in [9.17, 15) is 12.8 Å². The third-order valence-corrected chi connectivity index (χ3v) is 5.62. The number of hydrogen-bond donors (Lipinski definition) is 1. The van der Waals surface area contributed by atoms with Gasteiger partial charge in [-0.15, -0.1) is 0 Å². The maximum atomic E-state index is 13.0. The van der Waals surface area contributed by atoms with Gasteiger partial charge in [0.1, 0.15) is 25.0 Å². The van der Waals surface area contributed by atoms with E-state index in [0.29, 0.717) is 33.5 Å². The van der Waals surface area contributed by atoms with Crippen LogP contribution < -0.4 is 9.46 Å². The van der Waals surface area contributed by atoms with Crippen LogP contribution in [-0.4, -0.2) is 30.7 Å². The fraction of sp³-hybridized carbons (Fsp3) is 0.105. The van der Waals surface area contributed by atoms with Gasteiger partial charge in [-0.1, -0.05) is 11.2 Å². The fourth-order valence-electron chi connectivity index (χ4n) is 2.89. The van der Waals surface area contributed by atoms with Crippen molar-refractivity contribution < 1.29 is 22.1 Å². The minimum atomic E-state index is -3.87. The standard InChI is InChI=1S/C19H15FN4O4S/c1-27-17-8-12(10-20)2-4-15(17)19-14-5-3-13(9-16(14)21-11-22-19)29(25,26)24-18-6-7-28-23-18/h2-9,11H,10H2,1H3,(H,23,24). The molecule has 0 aliphatic heterocycles. The SMILES string of the molecule is COc1cc(CF)ccc1-c1ncnc2cc(S(=O)(=O)Nc3ccon3)ccc12. The minimum Gasteiger partial charge on any atom is -0.496 e. The lowest BCUT2D eigenvalue weighted by molar-refractivity contribution is 0.413. The first-order valence-electron chi connectivity index (χ1n) is 8.43. The Morgan fingerprint density at radius 1 is 1.14 bits per heavy atom. The van der Waals surface area contributed by atoms with Crippen LogP contribution in [0, 0.1) is 0 Å². The fourth-order valence-corrected chi connectivity index (χ4v) is 3.91. The Morgan fingerprint density at radius 2 is 2.00 bits per heavy atom. The van der Waals surface area contributed by atoms with Crippen LogP contribution in [0.1, 0.15) is 5.56 Å². The van der Waals surface area contributed by atoms with Crippen molar-refractivity contribution in [3.05, 3.63) is 60.6 Å². The number of nitrogens with zero attached hydrogens (tertiary/aromatic N) is 3. The number of methoxy groups -OCH3 is 1. The van der Waals surface area contributed by atoms with Crippen LogP contribution in [0.25, 0.3) is 22.2 Å². The molecule has 0 aliphatic carbocycles. The van der Waals surface area contributed by atoms with Crippen LogP contribution in [0.2, 0.25) is 0 Å². The highest BCUT2D eigenvalue weighted by Crippen LogP contribution is 2.34. The van der Waals surface area contributed by atoms with Crippen LogP contribution in [0.5, 0.6) is 5.75 Å². The van der Waals surface area contributed by atoms with E-state index in [1.807, 2.05) is 0 Å². The summed E-state index contributed by atoms with van der Waals surface area (Å²) in [7, 11) is -2.38. The summed E-state index contributed by atoms with van der Waals surface area (Å²) in [6.45, 7) is -0.610. The van der Waals surface area contributed by atoms with Crippen LogP contribution in [-0.2, 0) is 16.7 Å². The first kappa shape index (κ1) is 18.8. The highest BCUT2D eigenvalue weighted by atomic mass is 32.2. The minimum absolute atomic E-state index is 0.0115. The number of halogens is 1. The number of nitrogens with one attached hydrogen (secondary N) is 1. The molecular weight excluding hydrogens is 399 g/mol. The molecule has 0 fully saturated rings. The molecule has 4 rings (SSSR count). The Kier molecular flexibility index (Phi) is 4.85. The van der Waals surface area contributed by atoms with E-state index in [4.69, 9.17) is 4.74 Å². The van der Waals surface area contributed by atoms with Crippen LogP contribution >= 0.6 is 0 Å². The number of ether oxygens (including phenoxy) is 1. The Labute approximate surface area is 165 Å². The lowest BCUT2D eigenvalue weighted by atomic mass is 10.0. The molecule has 8 nitrogen and oxygen atoms in total. The molecule has 2 heterocycles. The molecular formula is C19H15FN4O4S. The van der Waals surface area contributed by atoms with Gasteiger partial charge >= 0.3 is 0 Å². The van der Waals surface area contributed by atoms with E-state index in [-0.39, 0.29) is 10.7 Å². The molecule has 0 saturated heterocycles. The monoisotopic (exact) mass is 414 g/mol. The Hall–Kier alpha value is -3.53. The zero-order valence-corrected chi connectivity index (χ0v) is 16.0. The number of sulfonamides is 1. The lowest BCUT2D eigenvalue weighted by Gasteiger charge is -2.12. The van der Waals surface area contributed by atoms with Gasteiger partial charge in [-0.2, -0.15) is 0 Å². The van der Waals surface area contributed by atoms with Crippen molar-refractivity contribution in [2.75, 3.05) is 11.8 Å². The lowest BCUT2D eigenvalue weighted by Crippen LogP contribution is -2.13. The summed E-state index contributed by atoms with van der Waals surface area (Å²) in [5, 5.41) is 4.17. The van der Waals surface area contributed by atoms with Crippen molar-refractivity contribution in [1.29, 1.82) is 0 Å². The highest BCUT2D eigenvalue weighted by molar-refractivity contribution is 7.92. The molecule has 0 radical (unpaired) electrons. The molecule has 2 aromatic heterocycles.